The van der Waals surface area contributed by atoms with Crippen molar-refractivity contribution < 1.29 is 18.8 Å². The summed E-state index contributed by atoms with van der Waals surface area (Å²) in [4.78, 5) is 36.5. The Morgan fingerprint density at radius 1 is 1.25 bits per heavy atom. The fourth-order valence-electron chi connectivity index (χ4n) is 2.78. The number of nitrogens with two attached hydrogens (primary N) is 1. The highest BCUT2D eigenvalue weighted by Gasteiger charge is 2.28. The Kier molecular flexibility index (Phi) is 5.60. The maximum Gasteiger partial charge on any atom is 0.287 e. The second-order valence-corrected chi connectivity index (χ2v) is 6.46. The number of primary amides is 1. The Hall–Kier alpha value is -3.39. The Morgan fingerprint density at radius 2 is 1.96 bits per heavy atom. The molecule has 1 aromatic carbocycles. The highest BCUT2D eigenvalue weighted by atomic mass is 35.5. The lowest BCUT2D eigenvalue weighted by Gasteiger charge is -2.16. The number of ketones is 1. The molecule has 0 aliphatic heterocycles. The summed E-state index contributed by atoms with van der Waals surface area (Å²) in [6, 6.07) is 9.45. The zero-order chi connectivity index (χ0) is 20.3. The summed E-state index contributed by atoms with van der Waals surface area (Å²) >= 11 is 6.00. The fraction of sp³-hybridized carbons (Fsp3) is 0.158. The van der Waals surface area contributed by atoms with Gasteiger partial charge in [0.15, 0.2) is 0 Å². The third-order valence-electron chi connectivity index (χ3n) is 4.09. The van der Waals surface area contributed by atoms with Crippen molar-refractivity contribution >= 4 is 29.2 Å². The van der Waals surface area contributed by atoms with Crippen LogP contribution in [-0.2, 0) is 23.1 Å². The highest BCUT2D eigenvalue weighted by molar-refractivity contribution is 6.38. The molecule has 2 amide bonds. The number of carbonyl (C=O) groups is 3. The van der Waals surface area contributed by atoms with E-state index in [0.29, 0.717) is 11.3 Å². The molecule has 28 heavy (non-hydrogen) atoms. The quantitative estimate of drug-likeness (QED) is 0.585. The molecular weight excluding hydrogens is 384 g/mol. The van der Waals surface area contributed by atoms with Crippen LogP contribution in [0, 0.1) is 0 Å². The third-order valence-corrected chi connectivity index (χ3v) is 4.39. The molecule has 0 spiro atoms. The van der Waals surface area contributed by atoms with E-state index in [0.717, 1.165) is 5.56 Å². The smallest absolute Gasteiger partial charge is 0.287 e. The average Bonchev–Trinajstić information content (AvgIpc) is 3.26. The van der Waals surface area contributed by atoms with Crippen molar-refractivity contribution in [2.24, 2.45) is 12.8 Å². The summed E-state index contributed by atoms with van der Waals surface area (Å²) in [6.07, 6.45) is 2.99. The molecule has 3 N–H and O–H groups in total. The first-order chi connectivity index (χ1) is 13.4. The molecule has 0 aliphatic carbocycles. The highest BCUT2D eigenvalue weighted by Crippen LogP contribution is 2.30. The van der Waals surface area contributed by atoms with Crippen molar-refractivity contribution in [2.45, 2.75) is 12.5 Å². The number of furan rings is 1. The summed E-state index contributed by atoms with van der Waals surface area (Å²) < 4.78 is 6.50. The zero-order valence-corrected chi connectivity index (χ0v) is 15.6. The van der Waals surface area contributed by atoms with Gasteiger partial charge in [-0.15, -0.1) is 0 Å². The van der Waals surface area contributed by atoms with Gasteiger partial charge in [0.25, 0.3) is 11.8 Å². The number of hydrogen-bond donors (Lipinski definition) is 2. The van der Waals surface area contributed by atoms with Crippen molar-refractivity contribution in [1.82, 2.24) is 15.1 Å². The second kappa shape index (κ2) is 8.10. The van der Waals surface area contributed by atoms with Gasteiger partial charge in [-0.3, -0.25) is 19.1 Å². The van der Waals surface area contributed by atoms with E-state index in [9.17, 15) is 14.4 Å². The molecule has 144 valence electrons. The fourth-order valence-corrected chi connectivity index (χ4v) is 2.99. The molecule has 0 radical (unpaired) electrons. The predicted octanol–water partition coefficient (Wildman–Crippen LogP) is 1.73. The number of hydrogen-bond acceptors (Lipinski definition) is 5. The van der Waals surface area contributed by atoms with Crippen LogP contribution in [0.5, 0.6) is 0 Å². The molecule has 3 rings (SSSR count). The van der Waals surface area contributed by atoms with E-state index in [-0.39, 0.29) is 17.2 Å². The molecule has 1 atom stereocenters. The summed E-state index contributed by atoms with van der Waals surface area (Å²) in [5.74, 6) is -2.59. The van der Waals surface area contributed by atoms with Gasteiger partial charge >= 0.3 is 0 Å². The van der Waals surface area contributed by atoms with Gasteiger partial charge in [-0.1, -0.05) is 30.3 Å². The SMILES string of the molecule is Cn1cc(C(=O)NC(Cc2ccccc2)C(=O)C(N)=O)c(-c2ccoc2Cl)n1. The normalized spacial score (nSPS) is 11.8. The summed E-state index contributed by atoms with van der Waals surface area (Å²) in [5.41, 5.74) is 6.83. The van der Waals surface area contributed by atoms with E-state index < -0.39 is 23.6 Å². The number of nitrogens with zero attached hydrogens (tertiary/aromatic N) is 2. The number of Topliss-reactive ketones (excluding diaryl/α,β-unsaturated/α-hetero) is 1. The first kappa shape index (κ1) is 19.4. The van der Waals surface area contributed by atoms with Gasteiger partial charge in [-0.25, -0.2) is 0 Å². The van der Waals surface area contributed by atoms with Gasteiger partial charge in [0.05, 0.1) is 17.4 Å². The Morgan fingerprint density at radius 3 is 2.57 bits per heavy atom. The van der Waals surface area contributed by atoms with Crippen molar-refractivity contribution in [1.29, 1.82) is 0 Å². The number of amides is 2. The first-order valence-electron chi connectivity index (χ1n) is 8.32. The van der Waals surface area contributed by atoms with E-state index in [1.165, 1.54) is 17.1 Å². The van der Waals surface area contributed by atoms with Gasteiger partial charge in [-0.05, 0) is 23.2 Å². The molecule has 0 saturated carbocycles. The lowest BCUT2D eigenvalue weighted by molar-refractivity contribution is -0.137. The largest absolute Gasteiger partial charge is 0.452 e. The van der Waals surface area contributed by atoms with Gasteiger partial charge in [0, 0.05) is 19.7 Å². The minimum absolute atomic E-state index is 0.0850. The Bertz CT molecular complexity index is 1030. The number of aryl methyl sites for hydroxylation is 1. The monoisotopic (exact) mass is 400 g/mol. The van der Waals surface area contributed by atoms with Crippen molar-refractivity contribution in [3.8, 4) is 11.3 Å². The van der Waals surface area contributed by atoms with Crippen LogP contribution < -0.4 is 11.1 Å². The maximum absolute atomic E-state index is 12.9. The minimum atomic E-state index is -1.12. The van der Waals surface area contributed by atoms with Gasteiger partial charge in [-0.2, -0.15) is 5.10 Å². The Labute approximate surface area is 165 Å². The number of halogens is 1. The van der Waals surface area contributed by atoms with Crippen LogP contribution in [0.1, 0.15) is 15.9 Å². The van der Waals surface area contributed by atoms with Crippen LogP contribution in [0.15, 0.2) is 53.3 Å². The Balaban J connectivity index is 1.89. The topological polar surface area (TPSA) is 120 Å². The molecule has 0 saturated heterocycles. The van der Waals surface area contributed by atoms with E-state index in [1.807, 2.05) is 6.07 Å². The summed E-state index contributed by atoms with van der Waals surface area (Å²) in [5, 5.41) is 6.91. The number of aromatic nitrogens is 2. The molecule has 3 aromatic rings. The van der Waals surface area contributed by atoms with E-state index in [2.05, 4.69) is 10.4 Å². The van der Waals surface area contributed by atoms with Gasteiger partial charge < -0.3 is 15.5 Å². The lowest BCUT2D eigenvalue weighted by atomic mass is 10.0. The zero-order valence-electron chi connectivity index (χ0n) is 14.9. The molecule has 9 heteroatoms. The van der Waals surface area contributed by atoms with Crippen molar-refractivity contribution in [3.63, 3.8) is 0 Å². The van der Waals surface area contributed by atoms with Gasteiger partial charge in [0.1, 0.15) is 11.7 Å². The molecule has 2 heterocycles. The molecule has 1 unspecified atom stereocenters. The van der Waals surface area contributed by atoms with E-state index >= 15 is 0 Å². The van der Waals surface area contributed by atoms with Crippen molar-refractivity contribution in [3.05, 3.63) is 65.2 Å². The van der Waals surface area contributed by atoms with Gasteiger partial charge in [0.2, 0.25) is 11.0 Å². The van der Waals surface area contributed by atoms with Crippen LogP contribution >= 0.6 is 11.6 Å². The number of rotatable bonds is 7. The molecule has 0 fully saturated rings. The van der Waals surface area contributed by atoms with Crippen LogP contribution in [-0.4, -0.2) is 33.4 Å². The van der Waals surface area contributed by atoms with Crippen LogP contribution in [0.4, 0.5) is 0 Å². The lowest BCUT2D eigenvalue weighted by Crippen LogP contribution is -2.47. The van der Waals surface area contributed by atoms with Crippen molar-refractivity contribution in [2.75, 3.05) is 0 Å². The van der Waals surface area contributed by atoms with E-state index in [4.69, 9.17) is 21.8 Å². The predicted molar refractivity (Wildman–Crippen MR) is 102 cm³/mol. The van der Waals surface area contributed by atoms with E-state index in [1.54, 1.807) is 37.4 Å². The third kappa shape index (κ3) is 4.12. The van der Waals surface area contributed by atoms with Crippen LogP contribution in [0.3, 0.4) is 0 Å². The molecule has 0 aliphatic rings. The molecule has 0 bridgehead atoms. The number of carbonyl (C=O) groups excluding carboxylic acids is 3. The average molecular weight is 401 g/mol. The summed E-state index contributed by atoms with van der Waals surface area (Å²) in [7, 11) is 1.64. The van der Waals surface area contributed by atoms with Crippen LogP contribution in [0.25, 0.3) is 11.3 Å². The minimum Gasteiger partial charge on any atom is -0.452 e. The second-order valence-electron chi connectivity index (χ2n) is 6.12. The maximum atomic E-state index is 12.9. The summed E-state index contributed by atoms with van der Waals surface area (Å²) in [6.45, 7) is 0. The standard InChI is InChI=1S/C19H17ClN4O4/c1-24-10-13(15(23-24)12-7-8-28-17(12)20)19(27)22-14(16(25)18(21)26)9-11-5-3-2-4-6-11/h2-8,10,14H,9H2,1H3,(H2,21,26)(H,22,27). The molecule has 8 nitrogen and oxygen atoms in total. The number of benzene rings is 1. The number of nitrogens with one attached hydrogen (secondary N) is 1. The first-order valence-corrected chi connectivity index (χ1v) is 8.70. The van der Waals surface area contributed by atoms with Crippen LogP contribution in [0.2, 0.25) is 5.22 Å². The molecule has 2 aromatic heterocycles. The molecular formula is C19H17ClN4O4.